The van der Waals surface area contributed by atoms with E-state index in [0.717, 1.165) is 0 Å². The summed E-state index contributed by atoms with van der Waals surface area (Å²) in [4.78, 5) is 0. The maximum absolute atomic E-state index is 10.8. The van der Waals surface area contributed by atoms with Crippen LogP contribution in [0.2, 0.25) is 0 Å². The van der Waals surface area contributed by atoms with Gasteiger partial charge in [-0.2, -0.15) is 0 Å². The minimum Gasteiger partial charge on any atom is -0.763 e. The summed E-state index contributed by atoms with van der Waals surface area (Å²) in [5.41, 5.74) is 0. The smallest absolute Gasteiger partial charge is 0.146 e. The van der Waals surface area contributed by atoms with Crippen molar-refractivity contribution in [2.75, 3.05) is 6.01 Å². The van der Waals surface area contributed by atoms with Crippen LogP contribution >= 0.6 is 10.8 Å². The molecule has 2 nitrogen and oxygen atoms in total. The Balaban J connectivity index is 2.83. The van der Waals surface area contributed by atoms with Crippen molar-refractivity contribution in [1.29, 1.82) is 0 Å². The molecule has 5 heteroatoms. The molecule has 1 atom stereocenters. The highest BCUT2D eigenvalue weighted by Gasteiger charge is 1.76. The first-order valence-corrected chi connectivity index (χ1v) is 3.63. The number of hydrogen-bond acceptors (Lipinski definition) is 3. The van der Waals surface area contributed by atoms with Crippen molar-refractivity contribution in [2.45, 2.75) is 0 Å². The Labute approximate surface area is 40.8 Å². The summed E-state index contributed by atoms with van der Waals surface area (Å²) in [7, 11) is -2.04. The van der Waals surface area contributed by atoms with Crippen LogP contribution in [0.25, 0.3) is 0 Å². The Hall–Kier alpha value is 0.390. The Kier molecular flexibility index (Phi) is 3.81. The molecule has 0 fully saturated rings. The van der Waals surface area contributed by atoms with E-state index >= 15 is 0 Å². The fourth-order valence-corrected chi connectivity index (χ4v) is 0.327. The zero-order valence-electron chi connectivity index (χ0n) is 2.72. The summed E-state index contributed by atoms with van der Waals surface area (Å²) < 4.78 is 29.5. The van der Waals surface area contributed by atoms with E-state index in [1.807, 2.05) is 0 Å². The van der Waals surface area contributed by atoms with E-state index in [2.05, 4.69) is 0 Å². The number of hydrogen-bond donors (Lipinski definition) is 0. The second kappa shape index (κ2) is 3.58. The average Bonchev–Trinajstić information content (AvgIpc) is 1.35. The van der Waals surface area contributed by atoms with E-state index in [1.54, 1.807) is 0 Å². The second-order valence-electron chi connectivity index (χ2n) is 0.431. The Morgan fingerprint density at radius 2 is 2.50 bits per heavy atom. The molecule has 0 N–H and O–H groups in total. The fourth-order valence-electron chi connectivity index (χ4n) is 0.0364. The SMILES string of the molecule is O=S([O-])SCF. The second-order valence-corrected chi connectivity index (χ2v) is 2.82. The Morgan fingerprint density at radius 1 is 2.00 bits per heavy atom. The van der Waals surface area contributed by atoms with Gasteiger partial charge >= 0.3 is 0 Å². The van der Waals surface area contributed by atoms with Gasteiger partial charge in [-0.3, -0.25) is 4.21 Å². The quantitative estimate of drug-likeness (QED) is 0.401. The van der Waals surface area contributed by atoms with Crippen LogP contribution < -0.4 is 0 Å². The van der Waals surface area contributed by atoms with Gasteiger partial charge in [0.1, 0.15) is 6.01 Å². The van der Waals surface area contributed by atoms with Crippen LogP contribution in [0.1, 0.15) is 0 Å². The Morgan fingerprint density at radius 3 is 2.50 bits per heavy atom. The molecule has 0 saturated carbocycles. The molecule has 0 heterocycles. The molecule has 0 aromatic carbocycles. The standard InChI is InChI=1S/CH3FO2S2/c2-1-5-6(3)4/h1H2,(H,3,4)/p-1. The predicted molar refractivity (Wildman–Crippen MR) is 22.5 cm³/mol. The lowest BCUT2D eigenvalue weighted by molar-refractivity contribution is 0.551. The summed E-state index contributed by atoms with van der Waals surface area (Å²) in [6.45, 7) is 0. The molecular formula is CH2FO2S2-. The van der Waals surface area contributed by atoms with E-state index in [-0.39, 0.29) is 10.8 Å². The van der Waals surface area contributed by atoms with Crippen molar-refractivity contribution in [2.24, 2.45) is 0 Å². The molecule has 0 aliphatic heterocycles. The van der Waals surface area contributed by atoms with E-state index in [4.69, 9.17) is 0 Å². The first-order valence-electron chi connectivity index (χ1n) is 1.06. The third-order valence-electron chi connectivity index (χ3n) is 0.141. The van der Waals surface area contributed by atoms with Crippen LogP contribution in [0, 0.1) is 0 Å². The maximum atomic E-state index is 10.8. The van der Waals surface area contributed by atoms with Crippen molar-refractivity contribution in [3.63, 3.8) is 0 Å². The molecule has 0 bridgehead atoms. The van der Waals surface area contributed by atoms with Gasteiger partial charge < -0.3 is 4.55 Å². The third kappa shape index (κ3) is 4.39. The van der Waals surface area contributed by atoms with E-state index < -0.39 is 16.1 Å². The summed E-state index contributed by atoms with van der Waals surface area (Å²) in [5, 5.41) is 0. The molecule has 0 rings (SSSR count). The summed E-state index contributed by atoms with van der Waals surface area (Å²) in [6.07, 6.45) is 0. The van der Waals surface area contributed by atoms with Gasteiger partial charge in [-0.25, -0.2) is 4.39 Å². The van der Waals surface area contributed by atoms with Crippen LogP contribution in [0.4, 0.5) is 4.39 Å². The highest BCUT2D eigenvalue weighted by atomic mass is 33.1. The van der Waals surface area contributed by atoms with E-state index in [1.165, 1.54) is 0 Å². The average molecular weight is 129 g/mol. The molecule has 6 heavy (non-hydrogen) atoms. The molecule has 0 saturated heterocycles. The van der Waals surface area contributed by atoms with Crippen LogP contribution in [-0.2, 0) is 10.1 Å². The first kappa shape index (κ1) is 6.39. The summed E-state index contributed by atoms with van der Waals surface area (Å²) in [6, 6.07) is -0.865. The van der Waals surface area contributed by atoms with Crippen LogP contribution in [0.5, 0.6) is 0 Å². The highest BCUT2D eigenvalue weighted by Crippen LogP contribution is 2.01. The lowest BCUT2D eigenvalue weighted by Crippen LogP contribution is -1.74. The van der Waals surface area contributed by atoms with Gasteiger partial charge in [-0.1, -0.05) is 0 Å². The molecule has 38 valence electrons. The van der Waals surface area contributed by atoms with Crippen molar-refractivity contribution in [3.8, 4) is 0 Å². The predicted octanol–water partition coefficient (Wildman–Crippen LogP) is 0.441. The first-order chi connectivity index (χ1) is 2.77. The van der Waals surface area contributed by atoms with Gasteiger partial charge in [0, 0.05) is 10.1 Å². The molecule has 0 aliphatic rings. The topological polar surface area (TPSA) is 40.1 Å². The molecular weight excluding hydrogens is 127 g/mol. The maximum Gasteiger partial charge on any atom is 0.146 e. The van der Waals surface area contributed by atoms with Gasteiger partial charge in [-0.05, 0) is 10.8 Å². The third-order valence-corrected chi connectivity index (χ3v) is 1.27. The monoisotopic (exact) mass is 129 g/mol. The lowest BCUT2D eigenvalue weighted by Gasteiger charge is -1.94. The van der Waals surface area contributed by atoms with Crippen molar-refractivity contribution < 1.29 is 13.2 Å². The minimum absolute atomic E-state index is 0.236. The van der Waals surface area contributed by atoms with Gasteiger partial charge in [0.25, 0.3) is 0 Å². The van der Waals surface area contributed by atoms with Crippen molar-refractivity contribution >= 4 is 20.9 Å². The van der Waals surface area contributed by atoms with Crippen LogP contribution in [-0.4, -0.2) is 14.8 Å². The molecule has 0 aromatic heterocycles. The van der Waals surface area contributed by atoms with E-state index in [0.29, 0.717) is 0 Å². The van der Waals surface area contributed by atoms with Crippen molar-refractivity contribution in [1.82, 2.24) is 0 Å². The lowest BCUT2D eigenvalue weighted by atomic mass is 11.8. The normalized spacial score (nSPS) is 14.3. The van der Waals surface area contributed by atoms with Crippen LogP contribution in [0.15, 0.2) is 0 Å². The van der Waals surface area contributed by atoms with Gasteiger partial charge in [0.2, 0.25) is 0 Å². The molecule has 0 spiro atoms. The van der Waals surface area contributed by atoms with Gasteiger partial charge in [-0.15, -0.1) is 0 Å². The highest BCUT2D eigenvalue weighted by molar-refractivity contribution is 8.67. The zero-order valence-corrected chi connectivity index (χ0v) is 4.35. The fraction of sp³-hybridized carbons (Fsp3) is 1.00. The molecule has 0 aromatic rings. The van der Waals surface area contributed by atoms with Gasteiger partial charge in [0.05, 0.1) is 0 Å². The zero-order chi connectivity index (χ0) is 4.99. The number of rotatable bonds is 2. The largest absolute Gasteiger partial charge is 0.763 e. The van der Waals surface area contributed by atoms with Crippen molar-refractivity contribution in [3.05, 3.63) is 0 Å². The number of halogens is 1. The molecule has 0 amide bonds. The van der Waals surface area contributed by atoms with E-state index in [9.17, 15) is 13.2 Å². The van der Waals surface area contributed by atoms with Crippen LogP contribution in [0.3, 0.4) is 0 Å². The Bertz CT molecular complexity index is 55.5. The summed E-state index contributed by atoms with van der Waals surface area (Å²) in [5.74, 6) is 0. The molecule has 1 unspecified atom stereocenters. The molecule has 0 radical (unpaired) electrons. The number of alkyl halides is 1. The van der Waals surface area contributed by atoms with Gasteiger partial charge in [0.15, 0.2) is 0 Å². The molecule has 0 aliphatic carbocycles. The summed E-state index contributed by atoms with van der Waals surface area (Å²) >= 11 is 0. The minimum atomic E-state index is -2.27.